The van der Waals surface area contributed by atoms with Crippen molar-refractivity contribution in [1.29, 1.82) is 0 Å². The van der Waals surface area contributed by atoms with Gasteiger partial charge in [0.05, 0.1) is 11.4 Å². The van der Waals surface area contributed by atoms with Crippen molar-refractivity contribution in [3.05, 3.63) is 94.3 Å². The van der Waals surface area contributed by atoms with Crippen LogP contribution in [0, 0.1) is 5.82 Å². The number of rotatable bonds is 5. The van der Waals surface area contributed by atoms with Crippen LogP contribution >= 0.6 is 0 Å². The summed E-state index contributed by atoms with van der Waals surface area (Å²) < 4.78 is 72.7. The summed E-state index contributed by atoms with van der Waals surface area (Å²) in [6.07, 6.45) is -3.76. The summed E-state index contributed by atoms with van der Waals surface area (Å²) in [4.78, 5) is 33.8. The number of fused-ring (bicyclic) bond motifs is 2. The number of ether oxygens (including phenoxy) is 1. The lowest BCUT2D eigenvalue weighted by Crippen LogP contribution is -2.24. The number of hydrogen-bond acceptors (Lipinski definition) is 5. The van der Waals surface area contributed by atoms with Crippen LogP contribution in [0.5, 0.6) is 11.5 Å². The van der Waals surface area contributed by atoms with Crippen molar-refractivity contribution in [2.75, 3.05) is 10.6 Å². The second-order valence-corrected chi connectivity index (χ2v) is 8.20. The molecule has 3 N–H and O–H groups in total. The van der Waals surface area contributed by atoms with E-state index in [0.29, 0.717) is 16.5 Å². The fourth-order valence-corrected chi connectivity index (χ4v) is 3.85. The number of pyridine rings is 1. The molecule has 0 aliphatic heterocycles. The summed E-state index contributed by atoms with van der Waals surface area (Å²) in [7, 11) is 0. The zero-order valence-electron chi connectivity index (χ0n) is 19.6. The fourth-order valence-electron chi connectivity index (χ4n) is 3.85. The third-order valence-corrected chi connectivity index (χ3v) is 5.61. The largest absolute Gasteiger partial charge is 0.454 e. The number of aromatic amines is 1. The number of nitrogens with one attached hydrogen (secondary N) is 3. The molecule has 0 atom stereocenters. The van der Waals surface area contributed by atoms with Gasteiger partial charge in [0.25, 0.3) is 5.56 Å². The summed E-state index contributed by atoms with van der Waals surface area (Å²) in [5.74, 6) is -0.648. The number of hydrogen-bond donors (Lipinski definition) is 3. The van der Waals surface area contributed by atoms with Crippen molar-refractivity contribution in [1.82, 2.24) is 15.0 Å². The highest BCUT2D eigenvalue weighted by molar-refractivity contribution is 6.07. The molecule has 5 rings (SSSR count). The van der Waals surface area contributed by atoms with E-state index in [4.69, 9.17) is 4.74 Å². The number of benzene rings is 3. The first kappa shape index (κ1) is 25.6. The Kier molecular flexibility index (Phi) is 6.56. The maximum Gasteiger partial charge on any atom is 0.438 e. The number of aromatic nitrogens is 3. The molecule has 2 amide bonds. The van der Waals surface area contributed by atoms with Crippen LogP contribution in [0.15, 0.2) is 71.7 Å². The third kappa shape index (κ3) is 5.19. The Morgan fingerprint density at radius 3 is 2.44 bits per heavy atom. The average Bonchev–Trinajstić information content (AvgIpc) is 2.90. The Balaban J connectivity index is 1.48. The van der Waals surface area contributed by atoms with Gasteiger partial charge in [0, 0.05) is 23.0 Å². The Hall–Kier alpha value is -5.07. The monoisotopic (exact) mass is 541 g/mol. The number of alkyl halides is 4. The number of nitrogens with zero attached hydrogens (tertiary/aromatic N) is 2. The van der Waals surface area contributed by atoms with Crippen molar-refractivity contribution in [3.63, 3.8) is 0 Å². The second-order valence-electron chi connectivity index (χ2n) is 8.20. The van der Waals surface area contributed by atoms with Crippen LogP contribution in [-0.2, 0) is 12.9 Å². The highest BCUT2D eigenvalue weighted by Crippen LogP contribution is 2.36. The molecule has 0 fully saturated rings. The molecule has 0 bridgehead atoms. The number of halogens is 5. The topological polar surface area (TPSA) is 109 Å². The van der Waals surface area contributed by atoms with E-state index in [1.165, 1.54) is 36.5 Å². The summed E-state index contributed by atoms with van der Waals surface area (Å²) in [6.45, 7) is -0.835. The van der Waals surface area contributed by atoms with Crippen molar-refractivity contribution in [2.24, 2.45) is 0 Å². The molecule has 8 nitrogen and oxygen atoms in total. The van der Waals surface area contributed by atoms with Crippen molar-refractivity contribution in [3.8, 4) is 11.5 Å². The van der Waals surface area contributed by atoms with E-state index in [1.807, 2.05) is 0 Å². The summed E-state index contributed by atoms with van der Waals surface area (Å²) in [5, 5.41) is 5.88. The Morgan fingerprint density at radius 2 is 1.69 bits per heavy atom. The standard InChI is InChI=1S/C26H16F5N5O3/c27-12-13-5-6-16(28)18(11-13)34-25(38)33-17-7-8-19(15-4-2-1-3-14(15)17)39-20-9-10-32-23-21(20)35-22(24(37)36-23)26(29,30)31/h1-11H,12H2,(H,32,36,37)(H2,33,34,38). The summed E-state index contributed by atoms with van der Waals surface area (Å²) >= 11 is 0. The van der Waals surface area contributed by atoms with Crippen LogP contribution in [0.1, 0.15) is 11.3 Å². The predicted octanol–water partition coefficient (Wildman–Crippen LogP) is 6.54. The third-order valence-electron chi connectivity index (χ3n) is 5.61. The van der Waals surface area contributed by atoms with Gasteiger partial charge in [-0.15, -0.1) is 0 Å². The Morgan fingerprint density at radius 1 is 0.949 bits per heavy atom. The van der Waals surface area contributed by atoms with Crippen LogP contribution in [0.25, 0.3) is 21.9 Å². The van der Waals surface area contributed by atoms with Crippen LogP contribution < -0.4 is 20.9 Å². The van der Waals surface area contributed by atoms with Gasteiger partial charge in [-0.2, -0.15) is 13.2 Å². The predicted molar refractivity (Wildman–Crippen MR) is 133 cm³/mol. The molecule has 0 saturated heterocycles. The molecule has 0 saturated carbocycles. The normalized spacial score (nSPS) is 11.5. The molecule has 2 heterocycles. The molecule has 13 heteroatoms. The number of carbonyl (C=O) groups excluding carboxylic acids is 1. The first-order valence-electron chi connectivity index (χ1n) is 11.2. The second kappa shape index (κ2) is 10.0. The van der Waals surface area contributed by atoms with Gasteiger partial charge in [-0.05, 0) is 29.8 Å². The van der Waals surface area contributed by atoms with Crippen molar-refractivity contribution < 1.29 is 31.5 Å². The van der Waals surface area contributed by atoms with Crippen LogP contribution in [0.2, 0.25) is 0 Å². The number of urea groups is 1. The molecular weight excluding hydrogens is 525 g/mol. The van der Waals surface area contributed by atoms with E-state index in [2.05, 4.69) is 25.6 Å². The van der Waals surface area contributed by atoms with E-state index in [9.17, 15) is 31.5 Å². The Bertz CT molecular complexity index is 1790. The zero-order valence-corrected chi connectivity index (χ0v) is 19.6. The van der Waals surface area contributed by atoms with Gasteiger partial charge < -0.3 is 20.4 Å². The first-order valence-corrected chi connectivity index (χ1v) is 11.2. The van der Waals surface area contributed by atoms with Crippen molar-refractivity contribution in [2.45, 2.75) is 12.9 Å². The van der Waals surface area contributed by atoms with E-state index in [0.717, 1.165) is 6.07 Å². The van der Waals surface area contributed by atoms with Crippen LogP contribution in [0.4, 0.5) is 38.1 Å². The van der Waals surface area contributed by atoms with Crippen molar-refractivity contribution >= 4 is 39.3 Å². The maximum atomic E-state index is 14.1. The molecule has 198 valence electrons. The van der Waals surface area contributed by atoms with Gasteiger partial charge in [-0.25, -0.2) is 23.5 Å². The lowest BCUT2D eigenvalue weighted by Gasteiger charge is -2.15. The van der Waals surface area contributed by atoms with Gasteiger partial charge in [0.15, 0.2) is 11.4 Å². The Labute approximate surface area is 215 Å². The minimum atomic E-state index is -4.99. The fraction of sp³-hybridized carbons (Fsp3) is 0.0769. The number of H-pyrrole nitrogens is 1. The van der Waals surface area contributed by atoms with E-state index in [-0.39, 0.29) is 33.9 Å². The molecule has 2 aromatic heterocycles. The quantitative estimate of drug-likeness (QED) is 0.219. The van der Waals surface area contributed by atoms with Gasteiger partial charge >= 0.3 is 12.2 Å². The molecule has 0 aliphatic rings. The highest BCUT2D eigenvalue weighted by Gasteiger charge is 2.36. The molecule has 0 radical (unpaired) electrons. The van der Waals surface area contributed by atoms with Gasteiger partial charge in [-0.3, -0.25) is 4.79 Å². The molecule has 0 aliphatic carbocycles. The summed E-state index contributed by atoms with van der Waals surface area (Å²) in [6, 6.07) is 13.6. The highest BCUT2D eigenvalue weighted by atomic mass is 19.4. The SMILES string of the molecule is O=C(Nc1cc(CF)ccc1F)Nc1ccc(Oc2ccnc3[nH]c(=O)c(C(F)(F)F)nc23)c2ccccc12. The van der Waals surface area contributed by atoms with Gasteiger partial charge in [0.2, 0.25) is 5.69 Å². The zero-order chi connectivity index (χ0) is 27.7. The lowest BCUT2D eigenvalue weighted by atomic mass is 10.1. The van der Waals surface area contributed by atoms with Crippen LogP contribution in [-0.4, -0.2) is 21.0 Å². The van der Waals surface area contributed by atoms with Crippen LogP contribution in [0.3, 0.4) is 0 Å². The van der Waals surface area contributed by atoms with E-state index >= 15 is 0 Å². The molecule has 0 unspecified atom stereocenters. The van der Waals surface area contributed by atoms with E-state index in [1.54, 1.807) is 24.3 Å². The molecule has 39 heavy (non-hydrogen) atoms. The number of amides is 2. The number of anilines is 2. The molecule has 3 aromatic carbocycles. The molecule has 0 spiro atoms. The molecular formula is C26H16F5N5O3. The minimum absolute atomic E-state index is 0.103. The van der Waals surface area contributed by atoms with Gasteiger partial charge in [0.1, 0.15) is 23.8 Å². The number of carbonyl (C=O) groups is 1. The van der Waals surface area contributed by atoms with E-state index < -0.39 is 36.0 Å². The average molecular weight is 541 g/mol. The first-order chi connectivity index (χ1) is 18.6. The molecule has 5 aromatic rings. The maximum absolute atomic E-state index is 14.1. The minimum Gasteiger partial charge on any atom is -0.454 e. The van der Waals surface area contributed by atoms with Gasteiger partial charge in [-0.1, -0.05) is 30.3 Å². The lowest BCUT2D eigenvalue weighted by molar-refractivity contribution is -0.142. The summed E-state index contributed by atoms with van der Waals surface area (Å²) in [5.41, 5.74) is -3.31. The smallest absolute Gasteiger partial charge is 0.438 e.